The molecule has 0 saturated carbocycles. The third kappa shape index (κ3) is 1.64. The standard InChI is InChI=1S/C13H14N4O/c1-8(2)17-7-15-10-5-9(3-4-11(10)17)12-6-13(14)16-18-12/h3-8H,1-2H3,(H2,14,16). The molecule has 1 aromatic carbocycles. The van der Waals surface area contributed by atoms with E-state index in [9.17, 15) is 0 Å². The van der Waals surface area contributed by atoms with Crippen molar-refractivity contribution in [1.82, 2.24) is 14.7 Å². The highest BCUT2D eigenvalue weighted by atomic mass is 16.5. The zero-order valence-electron chi connectivity index (χ0n) is 10.3. The van der Waals surface area contributed by atoms with Crippen LogP contribution in [0.15, 0.2) is 35.1 Å². The lowest BCUT2D eigenvalue weighted by molar-refractivity contribution is 0.436. The molecular formula is C13H14N4O. The fraction of sp³-hybridized carbons (Fsp3) is 0.231. The van der Waals surface area contributed by atoms with Gasteiger partial charge in [0, 0.05) is 17.7 Å². The van der Waals surface area contributed by atoms with Crippen LogP contribution in [0, 0.1) is 0 Å². The molecule has 0 spiro atoms. The zero-order chi connectivity index (χ0) is 12.7. The van der Waals surface area contributed by atoms with Crippen molar-refractivity contribution in [2.24, 2.45) is 0 Å². The molecule has 92 valence electrons. The van der Waals surface area contributed by atoms with Gasteiger partial charge in [0.25, 0.3) is 0 Å². The summed E-state index contributed by atoms with van der Waals surface area (Å²) in [5, 5.41) is 3.68. The predicted molar refractivity (Wildman–Crippen MR) is 70.0 cm³/mol. The molecule has 3 rings (SSSR count). The van der Waals surface area contributed by atoms with Gasteiger partial charge in [-0.1, -0.05) is 5.16 Å². The molecule has 0 aliphatic heterocycles. The fourth-order valence-electron chi connectivity index (χ4n) is 2.02. The van der Waals surface area contributed by atoms with Crippen LogP contribution in [0.25, 0.3) is 22.4 Å². The lowest BCUT2D eigenvalue weighted by Crippen LogP contribution is -1.97. The Kier molecular flexibility index (Phi) is 2.33. The van der Waals surface area contributed by atoms with E-state index in [1.54, 1.807) is 6.07 Å². The van der Waals surface area contributed by atoms with Crippen LogP contribution in [0.2, 0.25) is 0 Å². The van der Waals surface area contributed by atoms with E-state index in [0.29, 0.717) is 17.6 Å². The maximum Gasteiger partial charge on any atom is 0.169 e. The number of rotatable bonds is 2. The first-order chi connectivity index (χ1) is 8.65. The van der Waals surface area contributed by atoms with Crippen LogP contribution in [-0.2, 0) is 0 Å². The van der Waals surface area contributed by atoms with Crippen molar-refractivity contribution in [2.75, 3.05) is 5.73 Å². The van der Waals surface area contributed by atoms with Gasteiger partial charge in [-0.3, -0.25) is 0 Å². The minimum absolute atomic E-state index is 0.387. The molecule has 0 aliphatic carbocycles. The van der Waals surface area contributed by atoms with Crippen LogP contribution < -0.4 is 5.73 Å². The quantitative estimate of drug-likeness (QED) is 0.750. The molecule has 5 heteroatoms. The number of aromatic nitrogens is 3. The molecular weight excluding hydrogens is 228 g/mol. The predicted octanol–water partition coefficient (Wildman–Crippen LogP) is 2.85. The second-order valence-corrected chi connectivity index (χ2v) is 4.57. The Labute approximate surface area is 104 Å². The molecule has 0 atom stereocenters. The van der Waals surface area contributed by atoms with E-state index < -0.39 is 0 Å². The molecule has 0 fully saturated rings. The van der Waals surface area contributed by atoms with Gasteiger partial charge >= 0.3 is 0 Å². The molecule has 2 heterocycles. The minimum atomic E-state index is 0.387. The van der Waals surface area contributed by atoms with Gasteiger partial charge in [-0.15, -0.1) is 0 Å². The maximum absolute atomic E-state index is 5.55. The van der Waals surface area contributed by atoms with Gasteiger partial charge in [0.05, 0.1) is 17.4 Å². The molecule has 0 aliphatic rings. The highest BCUT2D eigenvalue weighted by Crippen LogP contribution is 2.26. The van der Waals surface area contributed by atoms with Crippen LogP contribution >= 0.6 is 0 Å². The first-order valence-electron chi connectivity index (χ1n) is 5.84. The summed E-state index contributed by atoms with van der Waals surface area (Å²) in [4.78, 5) is 4.40. The third-order valence-electron chi connectivity index (χ3n) is 2.94. The number of hydrogen-bond acceptors (Lipinski definition) is 4. The Morgan fingerprint density at radius 3 is 2.78 bits per heavy atom. The van der Waals surface area contributed by atoms with E-state index in [1.165, 1.54) is 0 Å². The second-order valence-electron chi connectivity index (χ2n) is 4.57. The topological polar surface area (TPSA) is 69.9 Å². The van der Waals surface area contributed by atoms with Crippen molar-refractivity contribution in [1.29, 1.82) is 0 Å². The summed E-state index contributed by atoms with van der Waals surface area (Å²) in [6, 6.07) is 8.11. The number of fused-ring (bicyclic) bond motifs is 1. The molecule has 3 aromatic rings. The monoisotopic (exact) mass is 242 g/mol. The summed E-state index contributed by atoms with van der Waals surface area (Å²) >= 11 is 0. The van der Waals surface area contributed by atoms with E-state index in [-0.39, 0.29) is 0 Å². The minimum Gasteiger partial charge on any atom is -0.381 e. The molecule has 5 nitrogen and oxygen atoms in total. The van der Waals surface area contributed by atoms with Crippen LogP contribution in [0.3, 0.4) is 0 Å². The van der Waals surface area contributed by atoms with Gasteiger partial charge in [-0.25, -0.2) is 4.98 Å². The number of nitrogens with two attached hydrogens (primary N) is 1. The first kappa shape index (κ1) is 10.8. The number of nitrogens with zero attached hydrogens (tertiary/aromatic N) is 3. The Morgan fingerprint density at radius 2 is 2.11 bits per heavy atom. The molecule has 0 radical (unpaired) electrons. The van der Waals surface area contributed by atoms with Crippen molar-refractivity contribution in [3.63, 3.8) is 0 Å². The smallest absolute Gasteiger partial charge is 0.169 e. The van der Waals surface area contributed by atoms with Crippen molar-refractivity contribution in [3.8, 4) is 11.3 Å². The van der Waals surface area contributed by atoms with Gasteiger partial charge in [-0.2, -0.15) is 0 Å². The van der Waals surface area contributed by atoms with E-state index in [1.807, 2.05) is 24.5 Å². The summed E-state index contributed by atoms with van der Waals surface area (Å²) in [5.74, 6) is 1.05. The average molecular weight is 242 g/mol. The van der Waals surface area contributed by atoms with Crippen molar-refractivity contribution in [3.05, 3.63) is 30.6 Å². The van der Waals surface area contributed by atoms with Crippen LogP contribution in [0.1, 0.15) is 19.9 Å². The third-order valence-corrected chi connectivity index (χ3v) is 2.94. The summed E-state index contributed by atoms with van der Waals surface area (Å²) in [6.45, 7) is 4.26. The second kappa shape index (κ2) is 3.87. The number of nitrogen functional groups attached to an aromatic ring is 1. The molecule has 0 saturated heterocycles. The van der Waals surface area contributed by atoms with E-state index >= 15 is 0 Å². The van der Waals surface area contributed by atoms with Crippen LogP contribution in [0.4, 0.5) is 5.82 Å². The molecule has 0 bridgehead atoms. The van der Waals surface area contributed by atoms with E-state index in [4.69, 9.17) is 10.3 Å². The van der Waals surface area contributed by atoms with Crippen molar-refractivity contribution < 1.29 is 4.52 Å². The molecule has 2 N–H and O–H groups in total. The number of anilines is 1. The number of benzene rings is 1. The lowest BCUT2D eigenvalue weighted by atomic mass is 10.1. The Balaban J connectivity index is 2.12. The van der Waals surface area contributed by atoms with E-state index in [0.717, 1.165) is 16.6 Å². The van der Waals surface area contributed by atoms with Crippen molar-refractivity contribution >= 4 is 16.9 Å². The lowest BCUT2D eigenvalue weighted by Gasteiger charge is -2.07. The Bertz CT molecular complexity index is 696. The molecule has 18 heavy (non-hydrogen) atoms. The highest BCUT2D eigenvalue weighted by molar-refractivity contribution is 5.81. The van der Waals surface area contributed by atoms with Crippen LogP contribution in [0.5, 0.6) is 0 Å². The molecule has 0 unspecified atom stereocenters. The Morgan fingerprint density at radius 1 is 1.28 bits per heavy atom. The highest BCUT2D eigenvalue weighted by Gasteiger charge is 2.09. The largest absolute Gasteiger partial charge is 0.381 e. The summed E-state index contributed by atoms with van der Waals surface area (Å²) in [6.07, 6.45) is 1.86. The van der Waals surface area contributed by atoms with Gasteiger partial charge in [-0.05, 0) is 32.0 Å². The summed E-state index contributed by atoms with van der Waals surface area (Å²) in [5.41, 5.74) is 8.53. The molecule has 2 aromatic heterocycles. The van der Waals surface area contributed by atoms with Gasteiger partial charge in [0.1, 0.15) is 0 Å². The van der Waals surface area contributed by atoms with Crippen LogP contribution in [-0.4, -0.2) is 14.7 Å². The Hall–Kier alpha value is -2.30. The number of imidazole rings is 1. The molecule has 0 amide bonds. The average Bonchev–Trinajstić information content (AvgIpc) is 2.93. The SMILES string of the molecule is CC(C)n1cnc2cc(-c3cc(N)no3)ccc21. The normalized spacial score (nSPS) is 11.5. The van der Waals surface area contributed by atoms with Gasteiger partial charge in [0.2, 0.25) is 0 Å². The first-order valence-corrected chi connectivity index (χ1v) is 5.84. The van der Waals surface area contributed by atoms with Gasteiger partial charge < -0.3 is 14.8 Å². The number of hydrogen-bond donors (Lipinski definition) is 1. The summed E-state index contributed by atoms with van der Waals surface area (Å²) in [7, 11) is 0. The van der Waals surface area contributed by atoms with Crippen molar-refractivity contribution in [2.45, 2.75) is 19.9 Å². The zero-order valence-corrected chi connectivity index (χ0v) is 10.3. The van der Waals surface area contributed by atoms with E-state index in [2.05, 4.69) is 28.6 Å². The maximum atomic E-state index is 5.55. The van der Waals surface area contributed by atoms with Gasteiger partial charge in [0.15, 0.2) is 11.6 Å². The fourth-order valence-corrected chi connectivity index (χ4v) is 2.02. The summed E-state index contributed by atoms with van der Waals surface area (Å²) < 4.78 is 7.28.